The van der Waals surface area contributed by atoms with Crippen molar-refractivity contribution in [2.24, 2.45) is 11.8 Å². The Morgan fingerprint density at radius 1 is 1.54 bits per heavy atom. The molecule has 2 rings (SSSR count). The summed E-state index contributed by atoms with van der Waals surface area (Å²) in [6, 6.07) is 0. The van der Waals surface area contributed by atoms with E-state index >= 15 is 0 Å². The molecule has 1 heterocycles. The molecule has 1 saturated carbocycles. The van der Waals surface area contributed by atoms with E-state index in [-0.39, 0.29) is 15.1 Å². The fraction of sp³-hybridized carbons (Fsp3) is 0.875. The number of carbonyl (C=O) groups excluding carboxylic acids is 1. The van der Waals surface area contributed by atoms with E-state index < -0.39 is 0 Å². The molecule has 1 aliphatic carbocycles. The third-order valence-electron chi connectivity index (χ3n) is 2.35. The summed E-state index contributed by atoms with van der Waals surface area (Å²) in [5.41, 5.74) is 0. The van der Waals surface area contributed by atoms with Crippen LogP contribution in [0, 0.1) is 11.8 Å². The van der Waals surface area contributed by atoms with Gasteiger partial charge in [-0.05, 0) is 6.42 Å². The first kappa shape index (κ1) is 9.93. The minimum Gasteiger partial charge on any atom is -0.465 e. The van der Waals surface area contributed by atoms with Crippen LogP contribution in [-0.2, 0) is 14.3 Å². The number of halogens is 2. The number of carbonyl (C=O) groups is 1. The van der Waals surface area contributed by atoms with Gasteiger partial charge in [-0.2, -0.15) is 0 Å². The molecule has 1 aliphatic heterocycles. The van der Waals surface area contributed by atoms with E-state index in [2.05, 4.69) is 31.9 Å². The standard InChI is InChI=1S/C8H10Br2O3/c9-8(10)1-6(8)4-13-7(11)5-2-12-3-5/h5-6H,1-4H2. The van der Waals surface area contributed by atoms with Gasteiger partial charge in [-0.1, -0.05) is 31.9 Å². The molecule has 13 heavy (non-hydrogen) atoms. The van der Waals surface area contributed by atoms with Crippen molar-refractivity contribution in [1.82, 2.24) is 0 Å². The molecule has 0 N–H and O–H groups in total. The lowest BCUT2D eigenvalue weighted by molar-refractivity contribution is -0.163. The van der Waals surface area contributed by atoms with Gasteiger partial charge >= 0.3 is 5.97 Å². The Hall–Kier alpha value is 0.390. The summed E-state index contributed by atoms with van der Waals surface area (Å²) in [4.78, 5) is 11.2. The predicted octanol–water partition coefficient (Wildman–Crippen LogP) is 1.68. The second-order valence-electron chi connectivity index (χ2n) is 3.53. The number of rotatable bonds is 3. The molecule has 0 aromatic rings. The molecule has 1 atom stereocenters. The quantitative estimate of drug-likeness (QED) is 0.587. The van der Waals surface area contributed by atoms with Crippen molar-refractivity contribution in [2.45, 2.75) is 9.65 Å². The van der Waals surface area contributed by atoms with Gasteiger partial charge in [-0.25, -0.2) is 0 Å². The van der Waals surface area contributed by atoms with Gasteiger partial charge < -0.3 is 9.47 Å². The molecule has 0 amide bonds. The molecule has 1 saturated heterocycles. The van der Waals surface area contributed by atoms with E-state index in [0.29, 0.717) is 25.7 Å². The van der Waals surface area contributed by atoms with Crippen molar-refractivity contribution in [3.8, 4) is 0 Å². The Morgan fingerprint density at radius 2 is 2.15 bits per heavy atom. The average molecular weight is 314 g/mol. The SMILES string of the molecule is O=C(OCC1CC1(Br)Br)C1COC1. The zero-order valence-corrected chi connectivity index (χ0v) is 10.1. The summed E-state index contributed by atoms with van der Waals surface area (Å²) in [6.45, 7) is 1.56. The third kappa shape index (κ3) is 2.25. The van der Waals surface area contributed by atoms with Crippen LogP contribution in [0.3, 0.4) is 0 Å². The van der Waals surface area contributed by atoms with E-state index in [1.165, 1.54) is 0 Å². The Bertz CT molecular complexity index is 225. The van der Waals surface area contributed by atoms with E-state index in [1.54, 1.807) is 0 Å². The molecule has 2 aliphatic rings. The van der Waals surface area contributed by atoms with Crippen molar-refractivity contribution in [3.63, 3.8) is 0 Å². The molecule has 0 aromatic carbocycles. The molecule has 5 heteroatoms. The summed E-state index contributed by atoms with van der Waals surface area (Å²) < 4.78 is 10.1. The summed E-state index contributed by atoms with van der Waals surface area (Å²) >= 11 is 6.94. The highest BCUT2D eigenvalue weighted by Gasteiger charge is 2.51. The van der Waals surface area contributed by atoms with Gasteiger partial charge in [0.1, 0.15) is 5.92 Å². The summed E-state index contributed by atoms with van der Waals surface area (Å²) in [5.74, 6) is 0.283. The fourth-order valence-corrected chi connectivity index (χ4v) is 2.17. The number of hydrogen-bond donors (Lipinski definition) is 0. The predicted molar refractivity (Wildman–Crippen MR) is 54.0 cm³/mol. The number of alkyl halides is 2. The molecule has 2 fully saturated rings. The number of ether oxygens (including phenoxy) is 2. The van der Waals surface area contributed by atoms with Crippen LogP contribution >= 0.6 is 31.9 Å². The highest BCUT2D eigenvalue weighted by atomic mass is 79.9. The van der Waals surface area contributed by atoms with Gasteiger partial charge in [-0.3, -0.25) is 4.79 Å². The van der Waals surface area contributed by atoms with E-state index in [4.69, 9.17) is 9.47 Å². The molecule has 3 nitrogen and oxygen atoms in total. The van der Waals surface area contributed by atoms with Crippen LogP contribution in [0.4, 0.5) is 0 Å². The van der Waals surface area contributed by atoms with Crippen LogP contribution < -0.4 is 0 Å². The molecular formula is C8H10Br2O3. The zero-order valence-electron chi connectivity index (χ0n) is 6.96. The monoisotopic (exact) mass is 312 g/mol. The van der Waals surface area contributed by atoms with Gasteiger partial charge in [0.05, 0.1) is 23.1 Å². The van der Waals surface area contributed by atoms with Gasteiger partial charge in [-0.15, -0.1) is 0 Å². The van der Waals surface area contributed by atoms with Crippen molar-refractivity contribution in [2.75, 3.05) is 19.8 Å². The Labute approximate surface area is 93.4 Å². The molecule has 74 valence electrons. The largest absolute Gasteiger partial charge is 0.465 e. The van der Waals surface area contributed by atoms with Gasteiger partial charge in [0, 0.05) is 5.92 Å². The maximum atomic E-state index is 11.2. The van der Waals surface area contributed by atoms with Gasteiger partial charge in [0.2, 0.25) is 0 Å². The van der Waals surface area contributed by atoms with Crippen LogP contribution in [0.1, 0.15) is 6.42 Å². The van der Waals surface area contributed by atoms with Crippen LogP contribution in [-0.4, -0.2) is 29.0 Å². The van der Waals surface area contributed by atoms with Crippen LogP contribution in [0.25, 0.3) is 0 Å². The minimum atomic E-state index is -0.117. The van der Waals surface area contributed by atoms with Crippen LogP contribution in [0.5, 0.6) is 0 Å². The van der Waals surface area contributed by atoms with E-state index in [9.17, 15) is 4.79 Å². The first-order valence-corrected chi connectivity index (χ1v) is 5.80. The summed E-state index contributed by atoms with van der Waals surface area (Å²) in [6.07, 6.45) is 1.02. The Morgan fingerprint density at radius 3 is 2.54 bits per heavy atom. The Kier molecular flexibility index (Phi) is 2.68. The van der Waals surface area contributed by atoms with Crippen molar-refractivity contribution >= 4 is 37.8 Å². The third-order valence-corrected chi connectivity index (χ3v) is 4.30. The second-order valence-corrected chi connectivity index (χ2v) is 7.42. The normalized spacial score (nSPS) is 30.8. The lowest BCUT2D eigenvalue weighted by Crippen LogP contribution is -2.36. The molecule has 0 bridgehead atoms. The van der Waals surface area contributed by atoms with Crippen molar-refractivity contribution in [1.29, 1.82) is 0 Å². The first-order chi connectivity index (χ1) is 6.09. The minimum absolute atomic E-state index is 0.0150. The lowest BCUT2D eigenvalue weighted by Gasteiger charge is -2.23. The topological polar surface area (TPSA) is 35.5 Å². The first-order valence-electron chi connectivity index (χ1n) is 4.22. The Balaban J connectivity index is 1.65. The van der Waals surface area contributed by atoms with Gasteiger partial charge in [0.25, 0.3) is 0 Å². The molecule has 0 spiro atoms. The van der Waals surface area contributed by atoms with Gasteiger partial charge in [0.15, 0.2) is 0 Å². The fourth-order valence-electron chi connectivity index (χ4n) is 1.12. The van der Waals surface area contributed by atoms with Crippen molar-refractivity contribution < 1.29 is 14.3 Å². The number of hydrogen-bond acceptors (Lipinski definition) is 3. The average Bonchev–Trinajstić information content (AvgIpc) is 2.51. The zero-order chi connectivity index (χ0) is 9.47. The molecule has 0 radical (unpaired) electrons. The summed E-state index contributed by atoms with van der Waals surface area (Å²) in [7, 11) is 0. The van der Waals surface area contributed by atoms with Crippen LogP contribution in [0.15, 0.2) is 0 Å². The smallest absolute Gasteiger partial charge is 0.313 e. The molecular weight excluding hydrogens is 304 g/mol. The van der Waals surface area contributed by atoms with Crippen LogP contribution in [0.2, 0.25) is 0 Å². The van der Waals surface area contributed by atoms with E-state index in [1.807, 2.05) is 0 Å². The second kappa shape index (κ2) is 3.51. The molecule has 1 unspecified atom stereocenters. The summed E-state index contributed by atoms with van der Waals surface area (Å²) in [5, 5.41) is 0. The highest BCUT2D eigenvalue weighted by molar-refractivity contribution is 9.25. The lowest BCUT2D eigenvalue weighted by atomic mass is 10.1. The maximum absolute atomic E-state index is 11.2. The van der Waals surface area contributed by atoms with E-state index in [0.717, 1.165) is 6.42 Å². The molecule has 0 aromatic heterocycles. The number of esters is 1. The maximum Gasteiger partial charge on any atom is 0.313 e. The highest BCUT2D eigenvalue weighted by Crippen LogP contribution is 2.56. The van der Waals surface area contributed by atoms with Crippen molar-refractivity contribution in [3.05, 3.63) is 0 Å².